The van der Waals surface area contributed by atoms with Gasteiger partial charge in [-0.2, -0.15) is 6.42 Å². The van der Waals surface area contributed by atoms with Crippen LogP contribution >= 0.6 is 0 Å². The van der Waals surface area contributed by atoms with Crippen LogP contribution in [0.3, 0.4) is 0 Å². The number of nitrogens with one attached hydrogen (secondary N) is 1. The minimum absolute atomic E-state index is 0. The molecule has 0 rings (SSSR count). The molecule has 7 heavy (non-hydrogen) atoms. The zero-order chi connectivity index (χ0) is 4.12. The Labute approximate surface area is 61.1 Å². The topological polar surface area (TPSA) is 12.0 Å². The summed E-state index contributed by atoms with van der Waals surface area (Å²) in [5.74, 6) is 0. The van der Waals surface area contributed by atoms with Crippen molar-refractivity contribution >= 4 is 0 Å². The summed E-state index contributed by atoms with van der Waals surface area (Å²) in [6, 6.07) is 0. The largest absolute Gasteiger partial charge is 2.00 e. The zero-order valence-corrected chi connectivity index (χ0v) is 8.13. The van der Waals surface area contributed by atoms with Crippen molar-refractivity contribution in [1.29, 1.82) is 0 Å². The summed E-state index contributed by atoms with van der Waals surface area (Å²) in [5.41, 5.74) is 0. The first kappa shape index (κ1) is 15.6. The standard InChI is InChI=1S/C4H10N.CH3.W/c1-3-4-5-2;;/h4-5H,3H2,1-2H3;1H3;/q2*-1;+2. The number of rotatable bonds is 2. The van der Waals surface area contributed by atoms with E-state index in [0.29, 0.717) is 0 Å². The molecular weight excluding hydrogens is 258 g/mol. The van der Waals surface area contributed by atoms with Crippen molar-refractivity contribution in [1.82, 2.24) is 5.32 Å². The molecule has 0 aliphatic rings. The Bertz CT molecular complexity index is 15.6. The normalized spacial score (nSPS) is 6.00. The molecule has 0 atom stereocenters. The molecule has 0 amide bonds. The van der Waals surface area contributed by atoms with E-state index < -0.39 is 0 Å². The molecule has 0 bridgehead atoms. The third kappa shape index (κ3) is 20.5. The second-order valence-electron chi connectivity index (χ2n) is 0.901. The fourth-order valence-corrected chi connectivity index (χ4v) is 0.204. The fraction of sp³-hybridized carbons (Fsp3) is 0.600. The Hall–Kier alpha value is 0.648. The second kappa shape index (κ2) is 15.9. The van der Waals surface area contributed by atoms with Crippen LogP contribution in [0.4, 0.5) is 0 Å². The predicted octanol–water partition coefficient (Wildman–Crippen LogP) is 1.23. The monoisotopic (exact) mass is 271 g/mol. The maximum atomic E-state index is 2.89. The molecule has 1 nitrogen and oxygen atoms in total. The molecule has 0 unspecified atom stereocenters. The van der Waals surface area contributed by atoms with Crippen molar-refractivity contribution in [2.24, 2.45) is 0 Å². The summed E-state index contributed by atoms with van der Waals surface area (Å²) in [4.78, 5) is 0. The van der Waals surface area contributed by atoms with Crippen LogP contribution in [0.2, 0.25) is 0 Å². The molecule has 0 aliphatic carbocycles. The predicted molar refractivity (Wildman–Crippen MR) is 30.1 cm³/mol. The van der Waals surface area contributed by atoms with Crippen molar-refractivity contribution in [3.63, 3.8) is 0 Å². The van der Waals surface area contributed by atoms with Gasteiger partial charge in [-0.05, 0) is 7.05 Å². The van der Waals surface area contributed by atoms with E-state index in [1.54, 1.807) is 0 Å². The van der Waals surface area contributed by atoms with Crippen molar-refractivity contribution < 1.29 is 21.1 Å². The summed E-state index contributed by atoms with van der Waals surface area (Å²) >= 11 is 0. The summed E-state index contributed by atoms with van der Waals surface area (Å²) in [6.07, 6.45) is 1.11. The Kier molecular flexibility index (Phi) is 35.6. The molecule has 0 saturated carbocycles. The first-order valence-electron chi connectivity index (χ1n) is 1.90. The van der Waals surface area contributed by atoms with Gasteiger partial charge in [0, 0.05) is 0 Å². The minimum atomic E-state index is 0. The third-order valence-electron chi connectivity index (χ3n) is 0.408. The maximum absolute atomic E-state index is 2.89. The first-order valence-corrected chi connectivity index (χ1v) is 1.90. The van der Waals surface area contributed by atoms with Gasteiger partial charge in [0.15, 0.2) is 0 Å². The van der Waals surface area contributed by atoms with Crippen LogP contribution < -0.4 is 5.32 Å². The van der Waals surface area contributed by atoms with Crippen LogP contribution in [0.15, 0.2) is 0 Å². The zero-order valence-electron chi connectivity index (χ0n) is 5.19. The van der Waals surface area contributed by atoms with Crippen LogP contribution in [0.1, 0.15) is 13.3 Å². The van der Waals surface area contributed by atoms with E-state index in [4.69, 9.17) is 0 Å². The van der Waals surface area contributed by atoms with Crippen LogP contribution in [0, 0.1) is 14.0 Å². The quantitative estimate of drug-likeness (QED) is 0.745. The molecule has 0 radical (unpaired) electrons. The average Bonchev–Trinajstić information content (AvgIpc) is 1.41. The molecule has 0 fully saturated rings. The molecule has 0 aromatic rings. The van der Waals surface area contributed by atoms with E-state index in [-0.39, 0.29) is 28.5 Å². The summed E-state index contributed by atoms with van der Waals surface area (Å²) in [5, 5.41) is 2.89. The molecule has 2 heteroatoms. The molecule has 0 heterocycles. The smallest absolute Gasteiger partial charge is 0.472 e. The van der Waals surface area contributed by atoms with Gasteiger partial charge in [0.1, 0.15) is 0 Å². The van der Waals surface area contributed by atoms with E-state index in [1.165, 1.54) is 0 Å². The van der Waals surface area contributed by atoms with Crippen molar-refractivity contribution in [3.8, 4) is 0 Å². The molecule has 0 spiro atoms. The minimum Gasteiger partial charge on any atom is -0.472 e. The average molecular weight is 271 g/mol. The van der Waals surface area contributed by atoms with Gasteiger partial charge in [-0.15, -0.1) is 0 Å². The molecular formula is C5H13NW. The van der Waals surface area contributed by atoms with Gasteiger partial charge in [-0.3, -0.25) is 6.54 Å². The Morgan fingerprint density at radius 3 is 2.00 bits per heavy atom. The van der Waals surface area contributed by atoms with Gasteiger partial charge in [0.2, 0.25) is 0 Å². The SMILES string of the molecule is CC[CH-]NC.[CH3-].[W+2]. The van der Waals surface area contributed by atoms with Crippen LogP contribution in [0.25, 0.3) is 0 Å². The van der Waals surface area contributed by atoms with Gasteiger partial charge in [-0.1, -0.05) is 6.92 Å². The van der Waals surface area contributed by atoms with E-state index in [9.17, 15) is 0 Å². The molecule has 44 valence electrons. The van der Waals surface area contributed by atoms with Crippen molar-refractivity contribution in [3.05, 3.63) is 14.0 Å². The maximum Gasteiger partial charge on any atom is 2.00 e. The van der Waals surface area contributed by atoms with E-state index in [2.05, 4.69) is 12.2 Å². The van der Waals surface area contributed by atoms with Gasteiger partial charge < -0.3 is 12.7 Å². The van der Waals surface area contributed by atoms with Gasteiger partial charge in [0.05, 0.1) is 0 Å². The Balaban J connectivity index is -0.0000000800. The fourth-order valence-electron chi connectivity index (χ4n) is 0.204. The van der Waals surface area contributed by atoms with Crippen molar-refractivity contribution in [2.45, 2.75) is 13.3 Å². The molecule has 1 N–H and O–H groups in total. The summed E-state index contributed by atoms with van der Waals surface area (Å²) in [7, 11) is 1.91. The number of hydrogen-bond donors (Lipinski definition) is 1. The third-order valence-corrected chi connectivity index (χ3v) is 0.408. The second-order valence-corrected chi connectivity index (χ2v) is 0.901. The van der Waals surface area contributed by atoms with E-state index >= 15 is 0 Å². The molecule has 0 aromatic carbocycles. The summed E-state index contributed by atoms with van der Waals surface area (Å²) in [6.45, 7) is 4.09. The molecule has 0 aliphatic heterocycles. The Morgan fingerprint density at radius 1 is 1.57 bits per heavy atom. The van der Waals surface area contributed by atoms with Gasteiger partial charge >= 0.3 is 21.1 Å². The van der Waals surface area contributed by atoms with E-state index in [1.807, 2.05) is 13.6 Å². The number of hydrogen-bond acceptors (Lipinski definition) is 1. The van der Waals surface area contributed by atoms with Gasteiger partial charge in [-0.25, -0.2) is 0 Å². The summed E-state index contributed by atoms with van der Waals surface area (Å²) < 4.78 is 0. The Morgan fingerprint density at radius 2 is 2.00 bits per heavy atom. The van der Waals surface area contributed by atoms with Crippen LogP contribution in [-0.2, 0) is 21.1 Å². The van der Waals surface area contributed by atoms with Crippen LogP contribution in [0.5, 0.6) is 0 Å². The molecule has 0 aromatic heterocycles. The van der Waals surface area contributed by atoms with Crippen molar-refractivity contribution in [2.75, 3.05) is 7.05 Å². The van der Waals surface area contributed by atoms with Gasteiger partial charge in [0.25, 0.3) is 0 Å². The first-order chi connectivity index (χ1) is 2.41. The van der Waals surface area contributed by atoms with Crippen LogP contribution in [-0.4, -0.2) is 7.05 Å². The van der Waals surface area contributed by atoms with E-state index in [0.717, 1.165) is 6.42 Å². The molecule has 0 saturated heterocycles.